The number of alkyl carbamates (subject to hydrolysis) is 1. The van der Waals surface area contributed by atoms with Gasteiger partial charge >= 0.3 is 12.2 Å². The number of fused-ring (bicyclic) bond motifs is 1. The predicted octanol–water partition coefficient (Wildman–Crippen LogP) is 4.50. The highest BCUT2D eigenvalue weighted by atomic mass is 16.6. The van der Waals surface area contributed by atoms with Crippen molar-refractivity contribution in [2.24, 2.45) is 0 Å². The van der Waals surface area contributed by atoms with E-state index in [1.54, 1.807) is 25.3 Å². The van der Waals surface area contributed by atoms with Gasteiger partial charge in [0.1, 0.15) is 35.6 Å². The number of nitrogens with zero attached hydrogens (tertiary/aromatic N) is 2. The Labute approximate surface area is 267 Å². The Morgan fingerprint density at radius 1 is 1.07 bits per heavy atom. The van der Waals surface area contributed by atoms with Crippen molar-refractivity contribution in [3.8, 4) is 28.4 Å². The van der Waals surface area contributed by atoms with Crippen LogP contribution in [-0.2, 0) is 20.8 Å². The molecule has 1 atom stereocenters. The van der Waals surface area contributed by atoms with E-state index in [0.29, 0.717) is 61.5 Å². The predicted molar refractivity (Wildman–Crippen MR) is 170 cm³/mol. The van der Waals surface area contributed by atoms with Crippen LogP contribution in [0.5, 0.6) is 17.2 Å². The van der Waals surface area contributed by atoms with Gasteiger partial charge in [0.05, 0.1) is 20.2 Å². The highest BCUT2D eigenvalue weighted by Crippen LogP contribution is 2.32. The summed E-state index contributed by atoms with van der Waals surface area (Å²) in [5, 5.41) is 8.77. The Hall–Kier alpha value is -5.04. The van der Waals surface area contributed by atoms with Gasteiger partial charge < -0.3 is 39.6 Å². The number of ether oxygens (including phenoxy) is 5. The number of nitrogens with one attached hydrogen (secondary N) is 3. The molecule has 3 aromatic rings. The number of carbonyl (C=O) groups is 3. The van der Waals surface area contributed by atoms with Crippen LogP contribution < -0.4 is 35.1 Å². The van der Waals surface area contributed by atoms with Crippen LogP contribution in [0.2, 0.25) is 0 Å². The van der Waals surface area contributed by atoms with Gasteiger partial charge in [-0.2, -0.15) is 0 Å². The Bertz CT molecular complexity index is 1570. The van der Waals surface area contributed by atoms with Crippen molar-refractivity contribution >= 4 is 29.7 Å². The van der Waals surface area contributed by atoms with Crippen LogP contribution in [-0.4, -0.2) is 74.7 Å². The minimum atomic E-state index is -0.566. The molecule has 0 saturated carbocycles. The summed E-state index contributed by atoms with van der Waals surface area (Å²) in [6, 6.07) is 17.2. The summed E-state index contributed by atoms with van der Waals surface area (Å²) >= 11 is 0. The molecule has 1 unspecified atom stereocenters. The van der Waals surface area contributed by atoms with Crippen molar-refractivity contribution in [1.29, 1.82) is 0 Å². The van der Waals surface area contributed by atoms with Crippen LogP contribution >= 0.6 is 0 Å². The second-order valence-electron chi connectivity index (χ2n) is 11.8. The maximum absolute atomic E-state index is 12.5. The quantitative estimate of drug-likeness (QED) is 0.244. The molecule has 5 rings (SSSR count). The van der Waals surface area contributed by atoms with Crippen molar-refractivity contribution in [3.05, 3.63) is 60.2 Å². The first-order valence-corrected chi connectivity index (χ1v) is 15.1. The van der Waals surface area contributed by atoms with E-state index in [-0.39, 0.29) is 25.2 Å². The Morgan fingerprint density at radius 2 is 1.89 bits per heavy atom. The number of cyclic esters (lactones) is 1. The molecular formula is C33H39N5O8. The third-order valence-corrected chi connectivity index (χ3v) is 7.00. The van der Waals surface area contributed by atoms with Gasteiger partial charge in [0, 0.05) is 12.6 Å². The first kappa shape index (κ1) is 32.4. The smallest absolute Gasteiger partial charge is 0.415 e. The molecule has 2 aliphatic rings. The number of pyridine rings is 1. The lowest BCUT2D eigenvalue weighted by Gasteiger charge is -2.19. The molecule has 46 heavy (non-hydrogen) atoms. The summed E-state index contributed by atoms with van der Waals surface area (Å²) in [5.74, 6) is 2.13. The number of methoxy groups -OCH3 is 1. The highest BCUT2D eigenvalue weighted by molar-refractivity contribution is 5.95. The average molecular weight is 634 g/mol. The minimum absolute atomic E-state index is 0.0615. The third kappa shape index (κ3) is 8.78. The molecule has 3 amide bonds. The fraction of sp³-hybridized carbons (Fsp3) is 0.394. The van der Waals surface area contributed by atoms with E-state index in [1.165, 1.54) is 4.90 Å². The lowest BCUT2D eigenvalue weighted by molar-refractivity contribution is -0.118. The number of carbonyl (C=O) groups excluding carboxylic acids is 3. The molecule has 0 bridgehead atoms. The minimum Gasteiger partial charge on any atom is -0.497 e. The lowest BCUT2D eigenvalue weighted by atomic mass is 10.0. The van der Waals surface area contributed by atoms with Crippen LogP contribution in [0.4, 0.5) is 21.2 Å². The van der Waals surface area contributed by atoms with Gasteiger partial charge in [0.25, 0.3) is 5.91 Å². The monoisotopic (exact) mass is 633 g/mol. The lowest BCUT2D eigenvalue weighted by Crippen LogP contribution is -2.34. The SMILES string of the molecule is COc1cc(OCCNC(=O)OC(C)(C)C)cc(-c2cccc(CNCCC3CN(c4ccc5c(n4)NC(=O)CO5)C(=O)O3)c2)c1. The second kappa shape index (κ2) is 14.4. The van der Waals surface area contributed by atoms with E-state index < -0.39 is 17.8 Å². The van der Waals surface area contributed by atoms with E-state index in [4.69, 9.17) is 23.7 Å². The van der Waals surface area contributed by atoms with E-state index in [2.05, 4.69) is 27.0 Å². The molecule has 1 saturated heterocycles. The summed E-state index contributed by atoms with van der Waals surface area (Å²) in [7, 11) is 1.60. The number of aromatic nitrogens is 1. The molecule has 13 nitrogen and oxygen atoms in total. The van der Waals surface area contributed by atoms with Crippen molar-refractivity contribution in [1.82, 2.24) is 15.6 Å². The normalized spacial score (nSPS) is 15.7. The van der Waals surface area contributed by atoms with Gasteiger partial charge in [0.2, 0.25) is 0 Å². The Balaban J connectivity index is 1.11. The number of rotatable bonds is 12. The second-order valence-corrected chi connectivity index (χ2v) is 11.8. The summed E-state index contributed by atoms with van der Waals surface area (Å²) in [6.07, 6.45) is -0.653. The van der Waals surface area contributed by atoms with Gasteiger partial charge in [-0.15, -0.1) is 0 Å². The molecule has 0 spiro atoms. The van der Waals surface area contributed by atoms with Gasteiger partial charge in [-0.1, -0.05) is 18.2 Å². The van der Waals surface area contributed by atoms with Gasteiger partial charge in [-0.05, 0) is 80.8 Å². The van der Waals surface area contributed by atoms with Gasteiger partial charge in [-0.25, -0.2) is 14.6 Å². The standard InChI is InChI=1S/C33H39N5O8/c1-33(2,3)46-31(40)35-12-13-43-26-16-23(15-25(17-26)42-4)22-7-5-6-21(14-22)18-34-11-10-24-19-38(32(41)45-24)28-9-8-27-30(36-28)37-29(39)20-44-27/h5-9,14-17,24,34H,10-13,18-20H2,1-4H3,(H,35,40)(H,36,37,39). The van der Waals surface area contributed by atoms with E-state index in [9.17, 15) is 14.4 Å². The molecule has 3 N–H and O–H groups in total. The maximum Gasteiger partial charge on any atom is 0.415 e. The van der Waals surface area contributed by atoms with E-state index in [0.717, 1.165) is 16.7 Å². The number of benzene rings is 2. The zero-order valence-electron chi connectivity index (χ0n) is 26.4. The average Bonchev–Trinajstić information content (AvgIpc) is 3.40. The maximum atomic E-state index is 12.5. The molecule has 244 valence electrons. The first-order chi connectivity index (χ1) is 22.1. The zero-order chi connectivity index (χ0) is 32.7. The first-order valence-electron chi connectivity index (χ1n) is 15.1. The van der Waals surface area contributed by atoms with Crippen LogP contribution in [0.25, 0.3) is 11.1 Å². The molecule has 1 aromatic heterocycles. The van der Waals surface area contributed by atoms with Crippen LogP contribution in [0.1, 0.15) is 32.8 Å². The summed E-state index contributed by atoms with van der Waals surface area (Å²) in [6.45, 7) is 7.53. The van der Waals surface area contributed by atoms with E-state index in [1.807, 2.05) is 51.1 Å². The van der Waals surface area contributed by atoms with Crippen molar-refractivity contribution in [3.63, 3.8) is 0 Å². The van der Waals surface area contributed by atoms with E-state index >= 15 is 0 Å². The van der Waals surface area contributed by atoms with Crippen LogP contribution in [0.3, 0.4) is 0 Å². The molecule has 3 heterocycles. The molecule has 1 fully saturated rings. The summed E-state index contributed by atoms with van der Waals surface area (Å²) in [4.78, 5) is 41.9. The van der Waals surface area contributed by atoms with Crippen molar-refractivity contribution < 1.29 is 38.1 Å². The fourth-order valence-corrected chi connectivity index (χ4v) is 4.90. The summed E-state index contributed by atoms with van der Waals surface area (Å²) < 4.78 is 27.5. The third-order valence-electron chi connectivity index (χ3n) is 7.00. The molecule has 0 aliphatic carbocycles. The van der Waals surface area contributed by atoms with Crippen molar-refractivity contribution in [2.45, 2.75) is 45.4 Å². The van der Waals surface area contributed by atoms with Crippen LogP contribution in [0.15, 0.2) is 54.6 Å². The topological polar surface area (TPSA) is 150 Å². The Kier molecular flexibility index (Phi) is 10.1. The van der Waals surface area contributed by atoms with Gasteiger partial charge in [0.15, 0.2) is 18.2 Å². The number of anilines is 2. The van der Waals surface area contributed by atoms with Crippen LogP contribution in [0, 0.1) is 0 Å². The molecule has 2 aliphatic heterocycles. The number of hydrogen-bond acceptors (Lipinski definition) is 10. The molecule has 0 radical (unpaired) electrons. The fourth-order valence-electron chi connectivity index (χ4n) is 4.90. The summed E-state index contributed by atoms with van der Waals surface area (Å²) in [5.41, 5.74) is 2.44. The number of amides is 3. The van der Waals surface area contributed by atoms with Gasteiger partial charge in [-0.3, -0.25) is 9.69 Å². The molecular weight excluding hydrogens is 594 g/mol. The number of hydrogen-bond donors (Lipinski definition) is 3. The highest BCUT2D eigenvalue weighted by Gasteiger charge is 2.33. The van der Waals surface area contributed by atoms with Crippen molar-refractivity contribution in [2.75, 3.05) is 50.2 Å². The Morgan fingerprint density at radius 3 is 2.70 bits per heavy atom. The largest absolute Gasteiger partial charge is 0.497 e. The molecule has 2 aromatic carbocycles. The zero-order valence-corrected chi connectivity index (χ0v) is 26.4. The molecule has 13 heteroatoms.